The summed E-state index contributed by atoms with van der Waals surface area (Å²) in [5, 5.41) is 0.458. The number of amides is 1. The van der Waals surface area contributed by atoms with E-state index in [-0.39, 0.29) is 0 Å². The second-order valence-electron chi connectivity index (χ2n) is 5.14. The summed E-state index contributed by atoms with van der Waals surface area (Å²) in [4.78, 5) is 22.4. The predicted molar refractivity (Wildman–Crippen MR) is 87.4 cm³/mol. The van der Waals surface area contributed by atoms with Gasteiger partial charge in [0.2, 0.25) is 0 Å². The van der Waals surface area contributed by atoms with Gasteiger partial charge in [0, 0.05) is 13.2 Å². The predicted octanol–water partition coefficient (Wildman–Crippen LogP) is 2.66. The van der Waals surface area contributed by atoms with Crippen LogP contribution < -0.4 is 14.5 Å². The molecule has 23 heavy (non-hydrogen) atoms. The number of carbonyl (C=O) groups is 1. The van der Waals surface area contributed by atoms with Gasteiger partial charge in [0.1, 0.15) is 6.61 Å². The van der Waals surface area contributed by atoms with Crippen LogP contribution in [0.3, 0.4) is 0 Å². The first-order valence-electron chi connectivity index (χ1n) is 7.10. The number of hydrogen-bond donors (Lipinski definition) is 1. The fraction of sp³-hybridized carbons (Fsp3) is 0.333. The van der Waals surface area contributed by atoms with Crippen LogP contribution in [0.1, 0.15) is 5.69 Å². The smallest absolute Gasteiger partial charge is 0.413 e. The molecule has 0 fully saturated rings. The number of halogens is 1. The minimum atomic E-state index is -0.461. The number of nitrogens with zero attached hydrogens (tertiary/aromatic N) is 3. The summed E-state index contributed by atoms with van der Waals surface area (Å²) in [5.74, 6) is 0.621. The first-order valence-corrected chi connectivity index (χ1v) is 7.48. The van der Waals surface area contributed by atoms with Gasteiger partial charge in [0.05, 0.1) is 48.6 Å². The van der Waals surface area contributed by atoms with E-state index in [1.54, 1.807) is 19.4 Å². The summed E-state index contributed by atoms with van der Waals surface area (Å²) in [6.45, 7) is 1.88. The fourth-order valence-corrected chi connectivity index (χ4v) is 2.76. The Bertz CT molecular complexity index is 705. The molecular formula is C15H17ClN4O3. The van der Waals surface area contributed by atoms with Gasteiger partial charge in [0.25, 0.3) is 0 Å². The van der Waals surface area contributed by atoms with Gasteiger partial charge in [-0.1, -0.05) is 11.6 Å². The highest BCUT2D eigenvalue weighted by Gasteiger charge is 2.24. The molecule has 0 spiro atoms. The van der Waals surface area contributed by atoms with E-state index >= 15 is 0 Å². The molecule has 0 aliphatic carbocycles. The van der Waals surface area contributed by atoms with E-state index in [0.717, 1.165) is 11.4 Å². The van der Waals surface area contributed by atoms with Crippen LogP contribution in [0.25, 0.3) is 0 Å². The average molecular weight is 337 g/mol. The summed E-state index contributed by atoms with van der Waals surface area (Å²) >= 11 is 6.33. The quantitative estimate of drug-likeness (QED) is 0.933. The molecule has 0 radical (unpaired) electrons. The highest BCUT2D eigenvalue weighted by molar-refractivity contribution is 6.33. The zero-order chi connectivity index (χ0) is 16.4. The van der Waals surface area contributed by atoms with E-state index in [4.69, 9.17) is 21.1 Å². The number of H-pyrrole nitrogens is 1. The van der Waals surface area contributed by atoms with E-state index in [9.17, 15) is 4.79 Å². The molecule has 1 N–H and O–H groups in total. The molecule has 122 valence electrons. The molecule has 1 aliphatic rings. The Balaban J connectivity index is 1.96. The molecule has 1 aliphatic heterocycles. The third kappa shape index (κ3) is 3.05. The van der Waals surface area contributed by atoms with Gasteiger partial charge in [-0.25, -0.2) is 9.78 Å². The van der Waals surface area contributed by atoms with Crippen LogP contribution >= 0.6 is 11.6 Å². The zero-order valence-electron chi connectivity index (χ0n) is 12.9. The molecule has 1 aromatic heterocycles. The monoisotopic (exact) mass is 336 g/mol. The van der Waals surface area contributed by atoms with Gasteiger partial charge < -0.3 is 19.4 Å². The summed E-state index contributed by atoms with van der Waals surface area (Å²) in [7, 11) is 2.97. The minimum absolute atomic E-state index is 0.458. The first-order chi connectivity index (χ1) is 11.1. The zero-order valence-corrected chi connectivity index (χ0v) is 13.6. The van der Waals surface area contributed by atoms with Gasteiger partial charge in [0.15, 0.2) is 5.75 Å². The van der Waals surface area contributed by atoms with Crippen LogP contribution in [0.2, 0.25) is 5.02 Å². The largest absolute Gasteiger partial charge is 0.488 e. The van der Waals surface area contributed by atoms with Crippen LogP contribution in [0, 0.1) is 0 Å². The molecule has 8 heteroatoms. The number of aromatic nitrogens is 2. The molecule has 0 saturated carbocycles. The van der Waals surface area contributed by atoms with Crippen molar-refractivity contribution in [2.45, 2.75) is 6.54 Å². The minimum Gasteiger partial charge on any atom is -0.488 e. The lowest BCUT2D eigenvalue weighted by Gasteiger charge is -2.32. The Labute approximate surface area is 138 Å². The number of methoxy groups -OCH3 is 1. The van der Waals surface area contributed by atoms with E-state index in [0.29, 0.717) is 36.2 Å². The van der Waals surface area contributed by atoms with Gasteiger partial charge in [-0.2, -0.15) is 0 Å². The fourth-order valence-electron chi connectivity index (χ4n) is 2.49. The molecular weight excluding hydrogens is 320 g/mol. The SMILES string of the molecule is COC(=O)N(C)c1cc(Cl)c2c(c1)N(Cc1c[nH]cn1)CCO2. The second-order valence-corrected chi connectivity index (χ2v) is 5.54. The van der Waals surface area contributed by atoms with Gasteiger partial charge in [-0.05, 0) is 12.1 Å². The van der Waals surface area contributed by atoms with Crippen molar-refractivity contribution in [3.63, 3.8) is 0 Å². The van der Waals surface area contributed by atoms with Crippen molar-refractivity contribution in [1.82, 2.24) is 9.97 Å². The standard InChI is InChI=1S/C15H17ClN4O3/c1-19(15(21)22-2)11-5-12(16)14-13(6-11)20(3-4-23-14)8-10-7-17-9-18-10/h5-7,9H,3-4,8H2,1-2H3,(H,17,18). The Hall–Kier alpha value is -2.41. The highest BCUT2D eigenvalue weighted by atomic mass is 35.5. The molecule has 7 nitrogen and oxygen atoms in total. The Morgan fingerprint density at radius 3 is 3.09 bits per heavy atom. The van der Waals surface area contributed by atoms with Crippen molar-refractivity contribution in [2.24, 2.45) is 0 Å². The lowest BCUT2D eigenvalue weighted by atomic mass is 10.2. The van der Waals surface area contributed by atoms with Gasteiger partial charge in [-0.3, -0.25) is 4.90 Å². The molecule has 1 amide bonds. The van der Waals surface area contributed by atoms with Crippen LogP contribution in [0.5, 0.6) is 5.75 Å². The number of ether oxygens (including phenoxy) is 2. The van der Waals surface area contributed by atoms with Crippen molar-refractivity contribution < 1.29 is 14.3 Å². The summed E-state index contributed by atoms with van der Waals surface area (Å²) < 4.78 is 10.4. The topological polar surface area (TPSA) is 70.7 Å². The van der Waals surface area contributed by atoms with Crippen molar-refractivity contribution in [3.8, 4) is 5.75 Å². The molecule has 0 atom stereocenters. The average Bonchev–Trinajstić information content (AvgIpc) is 3.07. The Kier molecular flexibility index (Phi) is 4.29. The third-order valence-corrected chi connectivity index (χ3v) is 3.98. The molecule has 3 rings (SSSR count). The van der Waals surface area contributed by atoms with Crippen LogP contribution in [-0.4, -0.2) is 43.4 Å². The van der Waals surface area contributed by atoms with E-state index in [2.05, 4.69) is 14.9 Å². The van der Waals surface area contributed by atoms with E-state index in [1.165, 1.54) is 12.0 Å². The van der Waals surface area contributed by atoms with Crippen molar-refractivity contribution in [1.29, 1.82) is 0 Å². The number of carbonyl (C=O) groups excluding carboxylic acids is 1. The molecule has 0 saturated heterocycles. The summed E-state index contributed by atoms with van der Waals surface area (Å²) in [6.07, 6.45) is 3.03. The number of aromatic amines is 1. The van der Waals surface area contributed by atoms with Crippen molar-refractivity contribution in [2.75, 3.05) is 37.1 Å². The maximum Gasteiger partial charge on any atom is 0.413 e. The maximum atomic E-state index is 11.7. The molecule has 0 bridgehead atoms. The number of nitrogens with one attached hydrogen (secondary N) is 1. The lowest BCUT2D eigenvalue weighted by molar-refractivity contribution is 0.180. The maximum absolute atomic E-state index is 11.7. The number of anilines is 2. The number of rotatable bonds is 3. The molecule has 2 aromatic rings. The lowest BCUT2D eigenvalue weighted by Crippen LogP contribution is -2.33. The molecule has 1 aromatic carbocycles. The van der Waals surface area contributed by atoms with Crippen LogP contribution in [0.4, 0.5) is 16.2 Å². The van der Waals surface area contributed by atoms with Crippen LogP contribution in [0.15, 0.2) is 24.7 Å². The molecule has 2 heterocycles. The summed E-state index contributed by atoms with van der Waals surface area (Å²) in [6, 6.07) is 3.55. The second kappa shape index (κ2) is 6.37. The first kappa shape index (κ1) is 15.5. The molecule has 0 unspecified atom stereocenters. The van der Waals surface area contributed by atoms with Crippen LogP contribution in [-0.2, 0) is 11.3 Å². The van der Waals surface area contributed by atoms with E-state index < -0.39 is 6.09 Å². The third-order valence-electron chi connectivity index (χ3n) is 3.70. The highest BCUT2D eigenvalue weighted by Crippen LogP contribution is 2.42. The van der Waals surface area contributed by atoms with Gasteiger partial charge in [-0.15, -0.1) is 0 Å². The Morgan fingerprint density at radius 2 is 2.39 bits per heavy atom. The number of fused-ring (bicyclic) bond motifs is 1. The Morgan fingerprint density at radius 1 is 1.57 bits per heavy atom. The number of imidazole rings is 1. The number of hydrogen-bond acceptors (Lipinski definition) is 5. The van der Waals surface area contributed by atoms with E-state index in [1.807, 2.05) is 12.3 Å². The van der Waals surface area contributed by atoms with Crippen molar-refractivity contribution >= 4 is 29.1 Å². The number of benzene rings is 1. The normalized spacial score (nSPS) is 13.3. The van der Waals surface area contributed by atoms with Crippen molar-refractivity contribution in [3.05, 3.63) is 35.4 Å². The summed E-state index contributed by atoms with van der Waals surface area (Å²) in [5.41, 5.74) is 2.39. The van der Waals surface area contributed by atoms with Gasteiger partial charge >= 0.3 is 6.09 Å².